The average Bonchev–Trinajstić information content (AvgIpc) is 3.46. The van der Waals surface area contributed by atoms with E-state index < -0.39 is 17.9 Å². The second kappa shape index (κ2) is 12.6. The van der Waals surface area contributed by atoms with Gasteiger partial charge in [0.1, 0.15) is 11.9 Å². The minimum Gasteiger partial charge on any atom is -0.497 e. The summed E-state index contributed by atoms with van der Waals surface area (Å²) in [6.07, 6.45) is 1.63. The first-order valence-electron chi connectivity index (χ1n) is 15.1. The van der Waals surface area contributed by atoms with E-state index in [0.29, 0.717) is 29.4 Å². The molecule has 0 unspecified atom stereocenters. The number of nitrogens with zero attached hydrogens (tertiary/aromatic N) is 2. The number of methoxy groups -OCH3 is 6. The Bertz CT molecular complexity index is 1610. The Kier molecular flexibility index (Phi) is 8.61. The maximum atomic E-state index is 13.4. The van der Waals surface area contributed by atoms with Crippen molar-refractivity contribution in [3.63, 3.8) is 0 Å². The zero-order chi connectivity index (χ0) is 31.8. The van der Waals surface area contributed by atoms with Crippen molar-refractivity contribution in [1.29, 1.82) is 0 Å². The van der Waals surface area contributed by atoms with E-state index in [1.807, 2.05) is 12.1 Å². The zero-order valence-corrected chi connectivity index (χ0v) is 26.5. The third-order valence-corrected chi connectivity index (χ3v) is 9.68. The third kappa shape index (κ3) is 5.35. The Morgan fingerprint density at radius 3 is 2.38 bits per heavy atom. The molecular formula is C33H40N4O8. The molecule has 0 spiro atoms. The molecule has 3 heterocycles. The molecule has 5 atom stereocenters. The highest BCUT2D eigenvalue weighted by molar-refractivity contribution is 5.99. The number of ether oxygens (including phenoxy) is 6. The topological polar surface area (TPSA) is 133 Å². The zero-order valence-electron chi connectivity index (χ0n) is 26.5. The number of rotatable bonds is 8. The van der Waals surface area contributed by atoms with Crippen molar-refractivity contribution in [2.24, 2.45) is 22.9 Å². The van der Waals surface area contributed by atoms with Gasteiger partial charge in [-0.05, 0) is 60.9 Å². The SMILES string of the molecule is COC(=O)[C@H]1[C@H]2C[C@@H]3c4[nH]c5cc(OC)ccc5c4CCN3C[C@H]2C/C(=N\NC(=O)c2cc(OC)c(OC)c(OC)c2)[C@@H]1OC. The number of fused-ring (bicyclic) bond motifs is 6. The van der Waals surface area contributed by atoms with Crippen molar-refractivity contribution >= 4 is 28.5 Å². The van der Waals surface area contributed by atoms with Crippen LogP contribution in [0.2, 0.25) is 0 Å². The summed E-state index contributed by atoms with van der Waals surface area (Å²) in [5.41, 5.74) is 7.15. The van der Waals surface area contributed by atoms with Crippen LogP contribution >= 0.6 is 0 Å². The minimum atomic E-state index is -0.652. The molecule has 12 nitrogen and oxygen atoms in total. The van der Waals surface area contributed by atoms with Crippen molar-refractivity contribution in [3.05, 3.63) is 47.2 Å². The van der Waals surface area contributed by atoms with E-state index in [1.54, 1.807) is 26.4 Å². The predicted molar refractivity (Wildman–Crippen MR) is 166 cm³/mol. The van der Waals surface area contributed by atoms with Gasteiger partial charge in [-0.15, -0.1) is 0 Å². The van der Waals surface area contributed by atoms with Gasteiger partial charge in [0.15, 0.2) is 11.5 Å². The first-order valence-corrected chi connectivity index (χ1v) is 15.1. The van der Waals surface area contributed by atoms with E-state index >= 15 is 0 Å². The Hall–Kier alpha value is -4.29. The van der Waals surface area contributed by atoms with Gasteiger partial charge in [-0.25, -0.2) is 5.43 Å². The highest BCUT2D eigenvalue weighted by Crippen LogP contribution is 2.49. The van der Waals surface area contributed by atoms with Crippen molar-refractivity contribution < 1.29 is 38.0 Å². The molecule has 240 valence electrons. The summed E-state index contributed by atoms with van der Waals surface area (Å²) < 4.78 is 32.9. The van der Waals surface area contributed by atoms with E-state index in [2.05, 4.69) is 26.5 Å². The molecule has 3 aromatic rings. The maximum absolute atomic E-state index is 13.4. The molecule has 2 aliphatic heterocycles. The van der Waals surface area contributed by atoms with Crippen molar-refractivity contribution in [1.82, 2.24) is 15.3 Å². The lowest BCUT2D eigenvalue weighted by Gasteiger charge is -2.51. The predicted octanol–water partition coefficient (Wildman–Crippen LogP) is 3.73. The van der Waals surface area contributed by atoms with E-state index in [0.717, 1.165) is 37.2 Å². The van der Waals surface area contributed by atoms with E-state index in [9.17, 15) is 9.59 Å². The van der Waals surface area contributed by atoms with Crippen LogP contribution in [0.25, 0.3) is 10.9 Å². The normalized spacial score (nSPS) is 25.1. The van der Waals surface area contributed by atoms with Crippen LogP contribution in [0.3, 0.4) is 0 Å². The van der Waals surface area contributed by atoms with Gasteiger partial charge in [-0.2, -0.15) is 5.10 Å². The molecule has 1 saturated carbocycles. The van der Waals surface area contributed by atoms with Gasteiger partial charge in [0, 0.05) is 48.4 Å². The molecule has 2 N–H and O–H groups in total. The lowest BCUT2D eigenvalue weighted by atomic mass is 9.64. The van der Waals surface area contributed by atoms with Crippen molar-refractivity contribution in [2.75, 3.05) is 55.7 Å². The van der Waals surface area contributed by atoms with Crippen LogP contribution in [0, 0.1) is 17.8 Å². The minimum absolute atomic E-state index is 0.000287. The Morgan fingerprint density at radius 1 is 0.978 bits per heavy atom. The highest BCUT2D eigenvalue weighted by Gasteiger charge is 2.52. The summed E-state index contributed by atoms with van der Waals surface area (Å²) in [5, 5.41) is 5.76. The lowest BCUT2D eigenvalue weighted by Crippen LogP contribution is -2.56. The average molecular weight is 621 g/mol. The Labute approximate surface area is 261 Å². The molecule has 2 aromatic carbocycles. The van der Waals surface area contributed by atoms with Crippen LogP contribution < -0.4 is 24.4 Å². The van der Waals surface area contributed by atoms with Gasteiger partial charge < -0.3 is 33.4 Å². The molecule has 1 aromatic heterocycles. The van der Waals surface area contributed by atoms with Crippen LogP contribution in [0.4, 0.5) is 0 Å². The monoisotopic (exact) mass is 620 g/mol. The number of hydrazone groups is 1. The van der Waals surface area contributed by atoms with E-state index in [1.165, 1.54) is 45.1 Å². The maximum Gasteiger partial charge on any atom is 0.312 e. The number of hydrogen-bond acceptors (Lipinski definition) is 10. The smallest absolute Gasteiger partial charge is 0.312 e. The fourth-order valence-electron chi connectivity index (χ4n) is 7.60. The molecule has 1 amide bonds. The number of carbonyl (C=O) groups is 2. The quantitative estimate of drug-likeness (QED) is 0.286. The second-order valence-corrected chi connectivity index (χ2v) is 11.7. The van der Waals surface area contributed by atoms with Gasteiger partial charge >= 0.3 is 5.97 Å². The van der Waals surface area contributed by atoms with Crippen molar-refractivity contribution in [3.8, 4) is 23.0 Å². The first kappa shape index (κ1) is 30.7. The van der Waals surface area contributed by atoms with Crippen LogP contribution in [-0.2, 0) is 20.7 Å². The van der Waals surface area contributed by atoms with E-state index in [-0.39, 0.29) is 29.4 Å². The van der Waals surface area contributed by atoms with Gasteiger partial charge in [0.05, 0.1) is 53.2 Å². The summed E-state index contributed by atoms with van der Waals surface area (Å²) in [7, 11) is 9.11. The van der Waals surface area contributed by atoms with E-state index in [4.69, 9.17) is 28.4 Å². The van der Waals surface area contributed by atoms with Gasteiger partial charge in [-0.3, -0.25) is 14.5 Å². The Balaban J connectivity index is 1.29. The standard InChI is InChI=1S/C33H40N4O8/c1-40-19-7-8-20-21-9-10-37-16-18-11-24(35-36-32(38)17-12-26(41-2)31(44-5)27(13-17)42-3)30(43-4)28(33(39)45-6)22(18)15-25(37)29(21)34-23(20)14-19/h7-8,12-14,18,22,25,28,30,34H,9-11,15-16H2,1-6H3,(H,36,38)/b35-24+/t18-,22+,25-,28+,30+/m1/s1. The molecule has 0 radical (unpaired) electrons. The fourth-order valence-corrected chi connectivity index (χ4v) is 7.60. The molecule has 6 rings (SSSR count). The van der Waals surface area contributed by atoms with Crippen LogP contribution in [0.5, 0.6) is 23.0 Å². The molecular weight excluding hydrogens is 580 g/mol. The van der Waals surface area contributed by atoms with Crippen molar-refractivity contribution in [2.45, 2.75) is 31.4 Å². The summed E-state index contributed by atoms with van der Waals surface area (Å²) in [4.78, 5) is 32.9. The summed E-state index contributed by atoms with van der Waals surface area (Å²) in [5.74, 6) is 0.646. The molecule has 45 heavy (non-hydrogen) atoms. The number of hydrogen-bond donors (Lipinski definition) is 2. The third-order valence-electron chi connectivity index (χ3n) is 9.68. The van der Waals surface area contributed by atoms with Crippen LogP contribution in [0.15, 0.2) is 35.4 Å². The van der Waals surface area contributed by atoms with Gasteiger partial charge in [0.2, 0.25) is 5.75 Å². The number of nitrogens with one attached hydrogen (secondary N) is 2. The van der Waals surface area contributed by atoms with Gasteiger partial charge in [-0.1, -0.05) is 0 Å². The summed E-state index contributed by atoms with van der Waals surface area (Å²) in [6, 6.07) is 9.42. The lowest BCUT2D eigenvalue weighted by molar-refractivity contribution is -0.156. The second-order valence-electron chi connectivity index (χ2n) is 11.7. The summed E-state index contributed by atoms with van der Waals surface area (Å²) in [6.45, 7) is 1.71. The number of H-pyrrole nitrogens is 1. The molecule has 1 saturated heterocycles. The molecule has 1 aliphatic carbocycles. The van der Waals surface area contributed by atoms with Crippen LogP contribution in [0.1, 0.15) is 40.5 Å². The first-order chi connectivity index (χ1) is 21.8. The molecule has 2 fully saturated rings. The van der Waals surface area contributed by atoms with Gasteiger partial charge in [0.25, 0.3) is 5.91 Å². The number of aromatic nitrogens is 1. The Morgan fingerprint density at radius 2 is 1.73 bits per heavy atom. The number of benzene rings is 2. The molecule has 3 aliphatic rings. The number of aromatic amines is 1. The highest BCUT2D eigenvalue weighted by atomic mass is 16.5. The number of amides is 1. The number of piperidine rings is 1. The summed E-state index contributed by atoms with van der Waals surface area (Å²) >= 11 is 0. The largest absolute Gasteiger partial charge is 0.497 e. The molecule has 0 bridgehead atoms. The fraction of sp³-hybridized carbons (Fsp3) is 0.485. The molecule has 12 heteroatoms. The number of esters is 1. The van der Waals surface area contributed by atoms with Crippen LogP contribution in [-0.4, -0.2) is 89.3 Å². The number of carbonyl (C=O) groups excluding carboxylic acids is 2.